The normalized spacial score (nSPS) is 16.0. The molecule has 5 N–H and O–H groups in total. The third-order valence-corrected chi connectivity index (χ3v) is 8.12. The Morgan fingerprint density at radius 3 is 1.94 bits per heavy atom. The summed E-state index contributed by atoms with van der Waals surface area (Å²) in [5.41, 5.74) is 8.24. The zero-order chi connectivity index (χ0) is 33.6. The van der Waals surface area contributed by atoms with Crippen LogP contribution in [0.4, 0.5) is 0 Å². The first-order valence-corrected chi connectivity index (χ1v) is 15.9. The molecule has 3 aromatic carbocycles. The van der Waals surface area contributed by atoms with Gasteiger partial charge in [0.1, 0.15) is 18.1 Å². The Hall–Kier alpha value is -5.03. The fraction of sp³-hybridized carbons (Fsp3) is 0.361. The minimum atomic E-state index is -1.09. The van der Waals surface area contributed by atoms with E-state index in [1.54, 1.807) is 24.3 Å². The number of unbranched alkanes of at least 4 members (excludes halogenated alkanes) is 1. The first-order chi connectivity index (χ1) is 22.7. The van der Waals surface area contributed by atoms with Crippen molar-refractivity contribution in [3.8, 4) is 0 Å². The van der Waals surface area contributed by atoms with Crippen LogP contribution in [0.3, 0.4) is 0 Å². The lowest BCUT2D eigenvalue weighted by atomic mass is 10.0. The molecule has 0 unspecified atom stereocenters. The number of likely N-dealkylation sites (tertiary alicyclic amines) is 1. The minimum absolute atomic E-state index is 0.147. The van der Waals surface area contributed by atoms with Gasteiger partial charge in [-0.1, -0.05) is 78.9 Å². The molecule has 1 fully saturated rings. The molecule has 1 heterocycles. The highest BCUT2D eigenvalue weighted by molar-refractivity contribution is 5.94. The van der Waals surface area contributed by atoms with Crippen molar-refractivity contribution < 1.29 is 33.8 Å². The van der Waals surface area contributed by atoms with Crippen LogP contribution in [0.2, 0.25) is 0 Å². The summed E-state index contributed by atoms with van der Waals surface area (Å²) < 4.78 is 5.29. The summed E-state index contributed by atoms with van der Waals surface area (Å²) in [6.45, 7) is 0.457. The molecule has 0 spiro atoms. The highest BCUT2D eigenvalue weighted by atomic mass is 16.5. The predicted molar refractivity (Wildman–Crippen MR) is 175 cm³/mol. The Labute approximate surface area is 274 Å². The van der Waals surface area contributed by atoms with E-state index in [0.717, 1.165) is 11.1 Å². The molecular formula is C36H42N4O7. The van der Waals surface area contributed by atoms with Crippen LogP contribution in [-0.2, 0) is 36.8 Å². The number of esters is 1. The molecular weight excluding hydrogens is 600 g/mol. The summed E-state index contributed by atoms with van der Waals surface area (Å²) in [4.78, 5) is 66.0. The summed E-state index contributed by atoms with van der Waals surface area (Å²) in [6, 6.07) is 23.0. The zero-order valence-electron chi connectivity index (χ0n) is 26.3. The Bertz CT molecular complexity index is 1490. The largest absolute Gasteiger partial charge is 0.480 e. The van der Waals surface area contributed by atoms with Crippen molar-refractivity contribution in [3.63, 3.8) is 0 Å². The number of nitrogens with two attached hydrogens (primary N) is 1. The summed E-state index contributed by atoms with van der Waals surface area (Å²) in [5, 5.41) is 15.3. The van der Waals surface area contributed by atoms with Gasteiger partial charge in [-0.15, -0.1) is 0 Å². The topological polar surface area (TPSA) is 168 Å². The van der Waals surface area contributed by atoms with Crippen LogP contribution in [0.5, 0.6) is 0 Å². The maximum Gasteiger partial charge on any atom is 0.338 e. The third kappa shape index (κ3) is 10.5. The molecule has 11 heteroatoms. The lowest BCUT2D eigenvalue weighted by Gasteiger charge is -2.29. The van der Waals surface area contributed by atoms with E-state index in [9.17, 15) is 29.1 Å². The molecule has 1 aliphatic rings. The van der Waals surface area contributed by atoms with E-state index in [-0.39, 0.29) is 26.0 Å². The molecule has 4 rings (SSSR count). The molecule has 47 heavy (non-hydrogen) atoms. The smallest absolute Gasteiger partial charge is 0.338 e. The Morgan fingerprint density at radius 1 is 0.787 bits per heavy atom. The number of hydrogen-bond donors (Lipinski definition) is 4. The number of carbonyl (C=O) groups is 5. The van der Waals surface area contributed by atoms with Gasteiger partial charge in [0.25, 0.3) is 0 Å². The maximum atomic E-state index is 13.8. The van der Waals surface area contributed by atoms with E-state index in [1.165, 1.54) is 4.90 Å². The van der Waals surface area contributed by atoms with Gasteiger partial charge < -0.3 is 31.1 Å². The second-order valence-electron chi connectivity index (χ2n) is 11.6. The molecule has 0 aliphatic carbocycles. The molecule has 0 radical (unpaired) electrons. The van der Waals surface area contributed by atoms with Gasteiger partial charge >= 0.3 is 11.9 Å². The van der Waals surface area contributed by atoms with Crippen molar-refractivity contribution in [2.24, 2.45) is 5.73 Å². The molecule has 0 bridgehead atoms. The lowest BCUT2D eigenvalue weighted by molar-refractivity contribution is -0.149. The van der Waals surface area contributed by atoms with E-state index >= 15 is 0 Å². The number of carbonyl (C=O) groups excluding carboxylic acids is 4. The van der Waals surface area contributed by atoms with Gasteiger partial charge in [0.2, 0.25) is 17.7 Å². The summed E-state index contributed by atoms with van der Waals surface area (Å²) in [6.07, 6.45) is 2.50. The second-order valence-corrected chi connectivity index (χ2v) is 11.6. The van der Waals surface area contributed by atoms with E-state index in [4.69, 9.17) is 10.5 Å². The monoisotopic (exact) mass is 642 g/mol. The number of nitrogens with one attached hydrogen (secondary N) is 2. The van der Waals surface area contributed by atoms with Gasteiger partial charge in [0.15, 0.2) is 0 Å². The Morgan fingerprint density at radius 2 is 1.34 bits per heavy atom. The number of benzene rings is 3. The molecule has 248 valence electrons. The standard InChI is InChI=1S/C36H42N4O7/c37-28(19-10-11-22-47-36(46)27-17-8-3-9-18-27)32(41)38-29(23-25-13-4-1-5-14-25)33(42)39-30(24-26-15-6-2-7-16-26)34(43)40-21-12-20-31(40)35(44)45/h1-9,13-18,28-31H,10-12,19-24,37H2,(H,38,41)(H,39,42)(H,44,45)/t28-,29-,30-,31+/m0/s1. The van der Waals surface area contributed by atoms with Crippen molar-refractivity contribution in [3.05, 3.63) is 108 Å². The fourth-order valence-electron chi connectivity index (χ4n) is 5.57. The maximum absolute atomic E-state index is 13.8. The van der Waals surface area contributed by atoms with Crippen molar-refractivity contribution in [1.29, 1.82) is 0 Å². The molecule has 1 saturated heterocycles. The average molecular weight is 643 g/mol. The molecule has 3 amide bonds. The molecule has 11 nitrogen and oxygen atoms in total. The van der Waals surface area contributed by atoms with Crippen LogP contribution in [0.15, 0.2) is 91.0 Å². The summed E-state index contributed by atoms with van der Waals surface area (Å²) in [7, 11) is 0. The number of nitrogens with zero attached hydrogens (tertiary/aromatic N) is 1. The van der Waals surface area contributed by atoms with Crippen molar-refractivity contribution in [1.82, 2.24) is 15.5 Å². The van der Waals surface area contributed by atoms with Crippen LogP contribution >= 0.6 is 0 Å². The number of rotatable bonds is 16. The van der Waals surface area contributed by atoms with Crippen LogP contribution in [0.1, 0.15) is 53.6 Å². The number of ether oxygens (including phenoxy) is 1. The van der Waals surface area contributed by atoms with Crippen LogP contribution < -0.4 is 16.4 Å². The fourth-order valence-corrected chi connectivity index (χ4v) is 5.57. The molecule has 4 atom stereocenters. The van der Waals surface area contributed by atoms with Crippen LogP contribution in [0, 0.1) is 0 Å². The van der Waals surface area contributed by atoms with E-state index in [2.05, 4.69) is 10.6 Å². The quantitative estimate of drug-likeness (QED) is 0.137. The lowest BCUT2D eigenvalue weighted by Crippen LogP contribution is -2.58. The van der Waals surface area contributed by atoms with E-state index in [1.807, 2.05) is 66.7 Å². The van der Waals surface area contributed by atoms with Crippen molar-refractivity contribution >= 4 is 29.7 Å². The van der Waals surface area contributed by atoms with E-state index in [0.29, 0.717) is 37.7 Å². The number of carboxylic acids is 1. The number of hydrogen-bond acceptors (Lipinski definition) is 7. The van der Waals surface area contributed by atoms with Gasteiger partial charge in [0, 0.05) is 19.4 Å². The molecule has 0 aromatic heterocycles. The summed E-state index contributed by atoms with van der Waals surface area (Å²) >= 11 is 0. The average Bonchev–Trinajstić information content (AvgIpc) is 3.59. The number of aliphatic carboxylic acids is 1. The first kappa shape index (κ1) is 34.8. The number of carboxylic acid groups (broad SMARTS) is 1. The van der Waals surface area contributed by atoms with Crippen LogP contribution in [0.25, 0.3) is 0 Å². The predicted octanol–water partition coefficient (Wildman–Crippen LogP) is 2.87. The first-order valence-electron chi connectivity index (χ1n) is 15.9. The zero-order valence-corrected chi connectivity index (χ0v) is 26.3. The Kier molecular flexibility index (Phi) is 13.1. The van der Waals surface area contributed by atoms with E-state index < -0.39 is 53.8 Å². The van der Waals surface area contributed by atoms with Crippen LogP contribution in [-0.4, -0.2) is 77.0 Å². The van der Waals surface area contributed by atoms with Crippen molar-refractivity contribution in [2.45, 2.75) is 69.1 Å². The summed E-state index contributed by atoms with van der Waals surface area (Å²) in [5.74, 6) is -3.10. The van der Waals surface area contributed by atoms with Gasteiger partial charge in [-0.25, -0.2) is 9.59 Å². The van der Waals surface area contributed by atoms with Gasteiger partial charge in [0.05, 0.1) is 18.2 Å². The minimum Gasteiger partial charge on any atom is -0.480 e. The molecule has 3 aromatic rings. The van der Waals surface area contributed by atoms with Gasteiger partial charge in [-0.05, 0) is 55.4 Å². The molecule has 0 saturated carbocycles. The Balaban J connectivity index is 1.40. The number of amides is 3. The van der Waals surface area contributed by atoms with Gasteiger partial charge in [-0.3, -0.25) is 14.4 Å². The highest BCUT2D eigenvalue weighted by Gasteiger charge is 2.38. The van der Waals surface area contributed by atoms with Gasteiger partial charge in [-0.2, -0.15) is 0 Å². The second kappa shape index (κ2) is 17.6. The molecule has 1 aliphatic heterocycles. The van der Waals surface area contributed by atoms with Crippen molar-refractivity contribution in [2.75, 3.05) is 13.2 Å². The SMILES string of the molecule is N[C@@H](CCCCOC(=O)c1ccccc1)C(=O)N[C@@H](Cc1ccccc1)C(=O)N[C@@H](Cc1ccccc1)C(=O)N1CCC[C@@H]1C(=O)O. The third-order valence-electron chi connectivity index (χ3n) is 8.12. The highest BCUT2D eigenvalue weighted by Crippen LogP contribution is 2.20.